The van der Waals surface area contributed by atoms with E-state index in [2.05, 4.69) is 0 Å². The summed E-state index contributed by atoms with van der Waals surface area (Å²) in [6, 6.07) is -0.336. The molecule has 1 saturated carbocycles. The minimum atomic E-state index is -0.336. The van der Waals surface area contributed by atoms with E-state index in [1.165, 1.54) is 38.5 Å². The van der Waals surface area contributed by atoms with Crippen molar-refractivity contribution < 1.29 is 14.3 Å². The maximum atomic E-state index is 12.6. The van der Waals surface area contributed by atoms with Crippen molar-refractivity contribution in [1.82, 2.24) is 4.90 Å². The number of carbonyl (C=O) groups excluding carboxylic acids is 2. The van der Waals surface area contributed by atoms with Crippen LogP contribution in [0.4, 0.5) is 0 Å². The smallest absolute Gasteiger partial charge is 0.328 e. The molecule has 1 amide bonds. The average Bonchev–Trinajstić information content (AvgIpc) is 2.76. The van der Waals surface area contributed by atoms with E-state index in [1.807, 2.05) is 6.92 Å². The van der Waals surface area contributed by atoms with Crippen molar-refractivity contribution in [1.29, 1.82) is 0 Å². The SMILES string of the molecule is CCOC(=O)C1CCCCN1C(=O)CC1CCCCCC1. The zero-order valence-electron chi connectivity index (χ0n) is 13.3. The number of carbonyl (C=O) groups is 2. The quantitative estimate of drug-likeness (QED) is 0.590. The molecule has 4 heteroatoms. The standard InChI is InChI=1S/C17H29NO3/c1-2-21-17(20)15-11-7-8-12-18(15)16(19)13-14-9-5-3-4-6-10-14/h14-15H,2-13H2,1H3. The van der Waals surface area contributed by atoms with Gasteiger partial charge >= 0.3 is 5.97 Å². The lowest BCUT2D eigenvalue weighted by Gasteiger charge is -2.35. The Morgan fingerprint density at radius 1 is 1.00 bits per heavy atom. The van der Waals surface area contributed by atoms with E-state index in [-0.39, 0.29) is 17.9 Å². The number of amides is 1. The van der Waals surface area contributed by atoms with Gasteiger partial charge in [-0.1, -0.05) is 25.7 Å². The van der Waals surface area contributed by atoms with Crippen LogP contribution >= 0.6 is 0 Å². The van der Waals surface area contributed by atoms with Crippen molar-refractivity contribution >= 4 is 11.9 Å². The van der Waals surface area contributed by atoms with Gasteiger partial charge in [0.15, 0.2) is 0 Å². The third-order valence-corrected chi connectivity index (χ3v) is 4.82. The Morgan fingerprint density at radius 3 is 2.33 bits per heavy atom. The summed E-state index contributed by atoms with van der Waals surface area (Å²) < 4.78 is 5.14. The number of esters is 1. The van der Waals surface area contributed by atoms with Crippen LogP contribution in [0.3, 0.4) is 0 Å². The van der Waals surface area contributed by atoms with Gasteiger partial charge in [-0.2, -0.15) is 0 Å². The number of nitrogens with zero attached hydrogens (tertiary/aromatic N) is 1. The summed E-state index contributed by atoms with van der Waals surface area (Å²) in [7, 11) is 0. The van der Waals surface area contributed by atoms with Gasteiger partial charge in [0, 0.05) is 13.0 Å². The van der Waals surface area contributed by atoms with Gasteiger partial charge in [-0.15, -0.1) is 0 Å². The van der Waals surface area contributed by atoms with Gasteiger partial charge in [-0.05, 0) is 44.9 Å². The Morgan fingerprint density at radius 2 is 1.67 bits per heavy atom. The molecule has 4 nitrogen and oxygen atoms in total. The fraction of sp³-hybridized carbons (Fsp3) is 0.882. The Hall–Kier alpha value is -1.06. The van der Waals surface area contributed by atoms with Crippen molar-refractivity contribution in [2.75, 3.05) is 13.2 Å². The second kappa shape index (κ2) is 8.40. The third kappa shape index (κ3) is 4.72. The Bertz CT molecular complexity index is 348. The van der Waals surface area contributed by atoms with Crippen molar-refractivity contribution in [3.05, 3.63) is 0 Å². The number of ether oxygens (including phenoxy) is 1. The summed E-state index contributed by atoms with van der Waals surface area (Å²) in [6.07, 6.45) is 10.8. The molecule has 21 heavy (non-hydrogen) atoms. The van der Waals surface area contributed by atoms with Gasteiger partial charge in [0.2, 0.25) is 5.91 Å². The summed E-state index contributed by atoms with van der Waals surface area (Å²) >= 11 is 0. The molecular weight excluding hydrogens is 266 g/mol. The highest BCUT2D eigenvalue weighted by Crippen LogP contribution is 2.27. The molecule has 120 valence electrons. The number of piperidine rings is 1. The molecule has 1 atom stereocenters. The van der Waals surface area contributed by atoms with Crippen LogP contribution in [0.2, 0.25) is 0 Å². The molecule has 0 spiro atoms. The predicted octanol–water partition coefficient (Wildman–Crippen LogP) is 3.29. The van der Waals surface area contributed by atoms with E-state index in [1.54, 1.807) is 4.90 Å². The van der Waals surface area contributed by atoms with E-state index in [0.29, 0.717) is 18.9 Å². The molecular formula is C17H29NO3. The summed E-state index contributed by atoms with van der Waals surface area (Å²) in [5.41, 5.74) is 0. The fourth-order valence-corrected chi connectivity index (χ4v) is 3.65. The highest BCUT2D eigenvalue weighted by atomic mass is 16.5. The molecule has 0 N–H and O–H groups in total. The summed E-state index contributed by atoms with van der Waals surface area (Å²) in [4.78, 5) is 26.5. The zero-order valence-corrected chi connectivity index (χ0v) is 13.3. The predicted molar refractivity (Wildman–Crippen MR) is 81.8 cm³/mol. The number of hydrogen-bond donors (Lipinski definition) is 0. The van der Waals surface area contributed by atoms with Gasteiger partial charge in [0.25, 0.3) is 0 Å². The molecule has 0 aromatic rings. The Kier molecular flexibility index (Phi) is 6.52. The largest absolute Gasteiger partial charge is 0.464 e. The van der Waals surface area contributed by atoms with E-state index in [9.17, 15) is 9.59 Å². The molecule has 1 aliphatic carbocycles. The van der Waals surface area contributed by atoms with Crippen molar-refractivity contribution in [2.45, 2.75) is 77.2 Å². The topological polar surface area (TPSA) is 46.6 Å². The molecule has 2 rings (SSSR count). The van der Waals surface area contributed by atoms with Crippen LogP contribution in [-0.4, -0.2) is 36.0 Å². The molecule has 0 bridgehead atoms. The minimum absolute atomic E-state index is 0.166. The summed E-state index contributed by atoms with van der Waals surface area (Å²) in [6.45, 7) is 2.92. The maximum Gasteiger partial charge on any atom is 0.328 e. The first kappa shape index (κ1) is 16.3. The van der Waals surface area contributed by atoms with Crippen LogP contribution < -0.4 is 0 Å². The third-order valence-electron chi connectivity index (χ3n) is 4.82. The van der Waals surface area contributed by atoms with Crippen molar-refractivity contribution in [2.24, 2.45) is 5.92 Å². The van der Waals surface area contributed by atoms with E-state index < -0.39 is 0 Å². The molecule has 1 unspecified atom stereocenters. The molecule has 0 radical (unpaired) electrons. The number of hydrogen-bond acceptors (Lipinski definition) is 3. The van der Waals surface area contributed by atoms with Crippen molar-refractivity contribution in [3.8, 4) is 0 Å². The summed E-state index contributed by atoms with van der Waals surface area (Å²) in [5.74, 6) is 0.468. The summed E-state index contributed by atoms with van der Waals surface area (Å²) in [5, 5.41) is 0. The molecule has 1 aliphatic heterocycles. The monoisotopic (exact) mass is 295 g/mol. The Balaban J connectivity index is 1.92. The fourth-order valence-electron chi connectivity index (χ4n) is 3.65. The zero-order chi connectivity index (χ0) is 15.1. The average molecular weight is 295 g/mol. The highest BCUT2D eigenvalue weighted by molar-refractivity contribution is 5.84. The Labute approximate surface area is 128 Å². The maximum absolute atomic E-state index is 12.6. The molecule has 1 saturated heterocycles. The highest BCUT2D eigenvalue weighted by Gasteiger charge is 2.33. The lowest BCUT2D eigenvalue weighted by molar-refractivity contribution is -0.157. The first-order valence-corrected chi connectivity index (χ1v) is 8.68. The molecule has 2 fully saturated rings. The van der Waals surface area contributed by atoms with E-state index in [0.717, 1.165) is 25.8 Å². The molecule has 2 aliphatic rings. The first-order chi connectivity index (χ1) is 10.2. The van der Waals surface area contributed by atoms with Crippen LogP contribution in [0.15, 0.2) is 0 Å². The van der Waals surface area contributed by atoms with Crippen LogP contribution in [0.1, 0.15) is 71.1 Å². The van der Waals surface area contributed by atoms with Gasteiger partial charge in [0.05, 0.1) is 6.61 Å². The van der Waals surface area contributed by atoms with E-state index in [4.69, 9.17) is 4.74 Å². The van der Waals surface area contributed by atoms with Crippen LogP contribution in [0, 0.1) is 5.92 Å². The minimum Gasteiger partial charge on any atom is -0.464 e. The lowest BCUT2D eigenvalue weighted by atomic mass is 9.94. The molecule has 0 aromatic heterocycles. The van der Waals surface area contributed by atoms with Crippen molar-refractivity contribution in [3.63, 3.8) is 0 Å². The lowest BCUT2D eigenvalue weighted by Crippen LogP contribution is -2.49. The second-order valence-electron chi connectivity index (χ2n) is 6.41. The number of likely N-dealkylation sites (tertiary alicyclic amines) is 1. The normalized spacial score (nSPS) is 24.4. The number of rotatable bonds is 4. The first-order valence-electron chi connectivity index (χ1n) is 8.68. The molecule has 0 aromatic carbocycles. The van der Waals surface area contributed by atoms with Gasteiger partial charge in [0.1, 0.15) is 6.04 Å². The van der Waals surface area contributed by atoms with Crippen LogP contribution in [0.25, 0.3) is 0 Å². The van der Waals surface area contributed by atoms with E-state index >= 15 is 0 Å². The second-order valence-corrected chi connectivity index (χ2v) is 6.41. The van der Waals surface area contributed by atoms with Gasteiger partial charge < -0.3 is 9.64 Å². The molecule has 1 heterocycles. The van der Waals surface area contributed by atoms with Crippen LogP contribution in [-0.2, 0) is 14.3 Å². The van der Waals surface area contributed by atoms with Gasteiger partial charge in [-0.25, -0.2) is 4.79 Å². The van der Waals surface area contributed by atoms with Gasteiger partial charge in [-0.3, -0.25) is 4.79 Å². The van der Waals surface area contributed by atoms with Crippen LogP contribution in [0.5, 0.6) is 0 Å².